The van der Waals surface area contributed by atoms with E-state index in [2.05, 4.69) is 9.88 Å². The molecule has 2 aromatic rings. The normalized spacial score (nSPS) is 24.7. The van der Waals surface area contributed by atoms with Crippen molar-refractivity contribution in [2.45, 2.75) is 31.3 Å². The van der Waals surface area contributed by atoms with E-state index in [4.69, 9.17) is 4.74 Å². The van der Waals surface area contributed by atoms with Crippen LogP contribution in [0.4, 0.5) is 13.2 Å². The maximum Gasteiger partial charge on any atom is 0.416 e. The van der Waals surface area contributed by atoms with Crippen molar-refractivity contribution in [3.05, 3.63) is 39.9 Å². The molecule has 1 fully saturated rings. The molecule has 4 rings (SSSR count). The van der Waals surface area contributed by atoms with Crippen LogP contribution in [-0.4, -0.2) is 40.7 Å². The maximum absolute atomic E-state index is 12.9. The molecule has 24 heavy (non-hydrogen) atoms. The first-order chi connectivity index (χ1) is 11.4. The van der Waals surface area contributed by atoms with Crippen molar-refractivity contribution in [2.24, 2.45) is 0 Å². The number of nitrogens with zero attached hydrogens (tertiary/aromatic N) is 3. The molecule has 0 bridgehead atoms. The predicted molar refractivity (Wildman–Crippen MR) is 80.7 cm³/mol. The van der Waals surface area contributed by atoms with E-state index in [1.807, 2.05) is 7.05 Å². The molecule has 1 aromatic heterocycles. The molecule has 0 saturated carbocycles. The lowest BCUT2D eigenvalue weighted by molar-refractivity contribution is -0.137. The number of morpholine rings is 1. The zero-order chi connectivity index (χ0) is 17.1. The van der Waals surface area contributed by atoms with Crippen LogP contribution in [0.5, 0.6) is 0 Å². The topological polar surface area (TPSA) is 47.4 Å². The van der Waals surface area contributed by atoms with Crippen molar-refractivity contribution in [2.75, 3.05) is 20.2 Å². The monoisotopic (exact) mass is 339 g/mol. The van der Waals surface area contributed by atoms with Gasteiger partial charge in [-0.1, -0.05) is 0 Å². The minimum atomic E-state index is -4.48. The second kappa shape index (κ2) is 5.29. The van der Waals surface area contributed by atoms with Gasteiger partial charge in [-0.05, 0) is 31.7 Å². The number of alkyl halides is 3. The van der Waals surface area contributed by atoms with Gasteiger partial charge in [0.05, 0.1) is 23.1 Å². The summed E-state index contributed by atoms with van der Waals surface area (Å²) in [6, 6.07) is 3.24. The van der Waals surface area contributed by atoms with Crippen LogP contribution in [0.2, 0.25) is 0 Å². The third-order valence-corrected chi connectivity index (χ3v) is 4.87. The van der Waals surface area contributed by atoms with E-state index >= 15 is 0 Å². The van der Waals surface area contributed by atoms with Crippen molar-refractivity contribution < 1.29 is 17.9 Å². The largest absolute Gasteiger partial charge is 0.416 e. The average molecular weight is 339 g/mol. The highest BCUT2D eigenvalue weighted by molar-refractivity contribution is 5.78. The number of likely N-dealkylation sites (N-methyl/N-ethyl adjacent to an activating group) is 1. The first-order valence-corrected chi connectivity index (χ1v) is 7.80. The van der Waals surface area contributed by atoms with Gasteiger partial charge in [0.15, 0.2) is 0 Å². The lowest BCUT2D eigenvalue weighted by atomic mass is 9.99. The van der Waals surface area contributed by atoms with Gasteiger partial charge < -0.3 is 4.74 Å². The Hall–Kier alpha value is -1.93. The zero-order valence-electron chi connectivity index (χ0n) is 13.0. The highest BCUT2D eigenvalue weighted by Gasteiger charge is 2.38. The molecule has 2 aliphatic rings. The van der Waals surface area contributed by atoms with Crippen molar-refractivity contribution >= 4 is 10.9 Å². The van der Waals surface area contributed by atoms with E-state index in [9.17, 15) is 18.0 Å². The minimum Gasteiger partial charge on any atom is -0.367 e. The van der Waals surface area contributed by atoms with Crippen LogP contribution in [0.3, 0.4) is 0 Å². The third kappa shape index (κ3) is 2.32. The summed E-state index contributed by atoms with van der Waals surface area (Å²) in [5.41, 5.74) is -0.995. The molecule has 128 valence electrons. The van der Waals surface area contributed by atoms with Crippen LogP contribution in [-0.2, 0) is 17.5 Å². The molecule has 0 amide bonds. The van der Waals surface area contributed by atoms with Crippen LogP contribution < -0.4 is 5.56 Å². The number of benzene rings is 1. The van der Waals surface area contributed by atoms with Crippen molar-refractivity contribution in [3.8, 4) is 0 Å². The van der Waals surface area contributed by atoms with Crippen LogP contribution >= 0.6 is 0 Å². The molecule has 2 aliphatic heterocycles. The number of fused-ring (bicyclic) bond motifs is 4. The summed E-state index contributed by atoms with van der Waals surface area (Å²) in [7, 11) is 2.00. The van der Waals surface area contributed by atoms with Crippen LogP contribution in [0.15, 0.2) is 23.0 Å². The Kier molecular flexibility index (Phi) is 3.43. The van der Waals surface area contributed by atoms with E-state index in [0.717, 1.165) is 18.7 Å². The number of hydrogen-bond donors (Lipinski definition) is 0. The Morgan fingerprint density at radius 1 is 1.29 bits per heavy atom. The first kappa shape index (κ1) is 15.6. The highest BCUT2D eigenvalue weighted by atomic mass is 19.4. The molecule has 0 N–H and O–H groups in total. The number of ether oxygens (including phenoxy) is 1. The van der Waals surface area contributed by atoms with Gasteiger partial charge in [0.1, 0.15) is 11.9 Å². The molecule has 0 spiro atoms. The highest BCUT2D eigenvalue weighted by Crippen LogP contribution is 2.34. The summed E-state index contributed by atoms with van der Waals surface area (Å²) in [5, 5.41) is -0.00353. The van der Waals surface area contributed by atoms with E-state index in [-0.39, 0.29) is 23.0 Å². The summed E-state index contributed by atoms with van der Waals surface area (Å²) < 4.78 is 46.0. The van der Waals surface area contributed by atoms with Gasteiger partial charge in [-0.3, -0.25) is 14.3 Å². The molecule has 5 nitrogen and oxygen atoms in total. The fourth-order valence-electron chi connectivity index (χ4n) is 3.56. The predicted octanol–water partition coefficient (Wildman–Crippen LogP) is 2.19. The van der Waals surface area contributed by atoms with Crippen molar-refractivity contribution in [1.29, 1.82) is 0 Å². The van der Waals surface area contributed by atoms with Gasteiger partial charge in [0, 0.05) is 19.1 Å². The molecule has 1 saturated heterocycles. The van der Waals surface area contributed by atoms with Crippen molar-refractivity contribution in [1.82, 2.24) is 14.5 Å². The second-order valence-electron chi connectivity index (χ2n) is 6.28. The van der Waals surface area contributed by atoms with Gasteiger partial charge in [-0.15, -0.1) is 0 Å². The third-order valence-electron chi connectivity index (χ3n) is 4.87. The molecule has 8 heteroatoms. The molecular weight excluding hydrogens is 323 g/mol. The van der Waals surface area contributed by atoms with Crippen LogP contribution in [0.25, 0.3) is 10.9 Å². The lowest BCUT2D eigenvalue weighted by Crippen LogP contribution is -2.50. The molecular formula is C16H16F3N3O2. The second-order valence-corrected chi connectivity index (χ2v) is 6.28. The number of halogens is 3. The molecule has 3 heterocycles. The summed E-state index contributed by atoms with van der Waals surface area (Å²) in [4.78, 5) is 19.3. The van der Waals surface area contributed by atoms with Crippen LogP contribution in [0.1, 0.15) is 23.9 Å². The van der Waals surface area contributed by atoms with Gasteiger partial charge in [-0.2, -0.15) is 13.2 Å². The lowest BCUT2D eigenvalue weighted by Gasteiger charge is -2.42. The molecule has 0 unspecified atom stereocenters. The van der Waals surface area contributed by atoms with Gasteiger partial charge in [-0.25, -0.2) is 4.98 Å². The maximum atomic E-state index is 12.9. The molecule has 0 aliphatic carbocycles. The van der Waals surface area contributed by atoms with E-state index in [1.54, 1.807) is 0 Å². The summed E-state index contributed by atoms with van der Waals surface area (Å²) in [6.45, 7) is 1.79. The van der Waals surface area contributed by atoms with E-state index in [0.29, 0.717) is 25.4 Å². The van der Waals surface area contributed by atoms with Crippen LogP contribution in [0, 0.1) is 0 Å². The summed E-state index contributed by atoms with van der Waals surface area (Å²) in [5.74, 6) is 0.509. The quantitative estimate of drug-likeness (QED) is 0.738. The Bertz CT molecular complexity index is 862. The first-order valence-electron chi connectivity index (χ1n) is 7.80. The number of aromatic nitrogens is 2. The fourth-order valence-corrected chi connectivity index (χ4v) is 3.56. The van der Waals surface area contributed by atoms with E-state index < -0.39 is 17.3 Å². The minimum absolute atomic E-state index is 0.00353. The fraction of sp³-hybridized carbons (Fsp3) is 0.500. The Morgan fingerprint density at radius 2 is 2.08 bits per heavy atom. The van der Waals surface area contributed by atoms with Gasteiger partial charge in [0.25, 0.3) is 5.56 Å². The zero-order valence-corrected chi connectivity index (χ0v) is 13.0. The van der Waals surface area contributed by atoms with Crippen molar-refractivity contribution in [3.63, 3.8) is 0 Å². The van der Waals surface area contributed by atoms with Gasteiger partial charge >= 0.3 is 6.18 Å². The number of rotatable bonds is 0. The average Bonchev–Trinajstić information content (AvgIpc) is 2.54. The SMILES string of the molecule is CN1CCO[C@@H]2c3nc4ccc(C(F)(F)F)cc4c(=O)n3CC[C@H]21. The standard InChI is InChI=1S/C16H16F3N3O2/c1-21-6-7-24-13-12(21)4-5-22-14(13)20-11-3-2-9(16(17,18)19)8-10(11)15(22)23/h2-3,8,12-13H,4-7H2,1H3/t12-,13+/m1/s1. The molecule has 0 radical (unpaired) electrons. The molecule has 2 atom stereocenters. The Labute approximate surface area is 135 Å². The Morgan fingerprint density at radius 3 is 2.83 bits per heavy atom. The summed E-state index contributed by atoms with van der Waals surface area (Å²) in [6.07, 6.45) is -4.10. The molecule has 1 aromatic carbocycles. The van der Waals surface area contributed by atoms with E-state index in [1.165, 1.54) is 10.6 Å². The van der Waals surface area contributed by atoms with Gasteiger partial charge in [0.2, 0.25) is 0 Å². The summed E-state index contributed by atoms with van der Waals surface area (Å²) >= 11 is 0. The number of hydrogen-bond acceptors (Lipinski definition) is 4. The smallest absolute Gasteiger partial charge is 0.367 e. The Balaban J connectivity index is 1.89.